The van der Waals surface area contributed by atoms with E-state index in [0.29, 0.717) is 0 Å². The first-order valence-corrected chi connectivity index (χ1v) is 9.44. The van der Waals surface area contributed by atoms with Crippen molar-refractivity contribution in [2.45, 2.75) is 51.4 Å². The Morgan fingerprint density at radius 1 is 0.870 bits per heavy atom. The zero-order valence-electron chi connectivity index (χ0n) is 14.5. The molecule has 23 heavy (non-hydrogen) atoms. The van der Waals surface area contributed by atoms with Crippen molar-refractivity contribution in [3.8, 4) is 0 Å². The van der Waals surface area contributed by atoms with Gasteiger partial charge in [-0.1, -0.05) is 43.9 Å². The minimum atomic E-state index is 0. The van der Waals surface area contributed by atoms with Crippen LogP contribution in [0.2, 0.25) is 0 Å². The smallest absolute Gasteiger partial charge is 0.0366 e. The van der Waals surface area contributed by atoms with E-state index in [1.54, 1.807) is 0 Å². The molecule has 3 heteroatoms. The number of likely N-dealkylation sites (tertiary alicyclic amines) is 1. The third kappa shape index (κ3) is 6.00. The van der Waals surface area contributed by atoms with Crippen molar-refractivity contribution in [3.63, 3.8) is 0 Å². The molecular formula is C20H33ClN2. The van der Waals surface area contributed by atoms with E-state index in [0.717, 1.165) is 5.92 Å². The zero-order chi connectivity index (χ0) is 15.0. The Labute approximate surface area is 148 Å². The molecule has 0 radical (unpaired) electrons. The predicted octanol–water partition coefficient (Wildman–Crippen LogP) is 4.98. The summed E-state index contributed by atoms with van der Waals surface area (Å²) in [6.07, 6.45) is 11.4. The van der Waals surface area contributed by atoms with Gasteiger partial charge in [-0.05, 0) is 56.8 Å². The third-order valence-corrected chi connectivity index (χ3v) is 5.46. The lowest BCUT2D eigenvalue weighted by atomic mass is 9.89. The van der Waals surface area contributed by atoms with Crippen LogP contribution in [-0.4, -0.2) is 37.6 Å². The first-order valence-electron chi connectivity index (χ1n) is 9.44. The summed E-state index contributed by atoms with van der Waals surface area (Å²) in [4.78, 5) is 5.32. The molecule has 0 atom stereocenters. The average molecular weight is 337 g/mol. The minimum absolute atomic E-state index is 0. The molecule has 0 amide bonds. The molecule has 2 fully saturated rings. The monoisotopic (exact) mass is 336 g/mol. The van der Waals surface area contributed by atoms with Gasteiger partial charge in [0.2, 0.25) is 0 Å². The van der Waals surface area contributed by atoms with E-state index in [4.69, 9.17) is 0 Å². The molecule has 1 saturated heterocycles. The largest absolute Gasteiger partial charge is 0.370 e. The Balaban J connectivity index is 0.00000192. The van der Waals surface area contributed by atoms with Crippen LogP contribution in [-0.2, 0) is 0 Å². The summed E-state index contributed by atoms with van der Waals surface area (Å²) >= 11 is 0. The van der Waals surface area contributed by atoms with Crippen LogP contribution in [0.4, 0.5) is 5.69 Å². The topological polar surface area (TPSA) is 6.48 Å². The molecule has 2 nitrogen and oxygen atoms in total. The molecule has 130 valence electrons. The first kappa shape index (κ1) is 18.6. The fourth-order valence-corrected chi connectivity index (χ4v) is 4.09. The molecule has 1 aromatic rings. The molecular weight excluding hydrogens is 304 g/mol. The second kappa shape index (κ2) is 10.2. The second-order valence-corrected chi connectivity index (χ2v) is 7.19. The van der Waals surface area contributed by atoms with E-state index >= 15 is 0 Å². The van der Waals surface area contributed by atoms with Gasteiger partial charge in [0.1, 0.15) is 0 Å². The molecule has 1 aromatic carbocycles. The lowest BCUT2D eigenvalue weighted by molar-refractivity contribution is 0.231. The van der Waals surface area contributed by atoms with Gasteiger partial charge in [-0.15, -0.1) is 12.4 Å². The summed E-state index contributed by atoms with van der Waals surface area (Å²) < 4.78 is 0. The van der Waals surface area contributed by atoms with Gasteiger partial charge in [0.25, 0.3) is 0 Å². The van der Waals surface area contributed by atoms with Crippen molar-refractivity contribution in [2.75, 3.05) is 37.6 Å². The summed E-state index contributed by atoms with van der Waals surface area (Å²) in [5.74, 6) is 0.912. The zero-order valence-corrected chi connectivity index (χ0v) is 15.3. The van der Waals surface area contributed by atoms with E-state index in [9.17, 15) is 0 Å². The maximum atomic E-state index is 2.67. The molecule has 1 saturated carbocycles. The number of rotatable bonds is 6. The third-order valence-electron chi connectivity index (χ3n) is 5.46. The molecule has 1 aliphatic carbocycles. The number of nitrogens with zero attached hydrogens (tertiary/aromatic N) is 2. The van der Waals surface area contributed by atoms with Crippen molar-refractivity contribution in [1.29, 1.82) is 0 Å². The normalized spacial score (nSPS) is 20.0. The Morgan fingerprint density at radius 2 is 1.52 bits per heavy atom. The van der Waals surface area contributed by atoms with Crippen LogP contribution in [0.15, 0.2) is 30.3 Å². The Hall–Kier alpha value is -0.730. The standard InChI is InChI=1S/C20H32N2.ClH/c1-4-10-19(11-5-1)18-22(20-12-6-2-7-13-20)17-16-21-14-8-3-9-15-21;/h2,6-7,12-13,19H,1,3-5,8-11,14-18H2;1H. The molecule has 2 aliphatic rings. The maximum Gasteiger partial charge on any atom is 0.0366 e. The molecule has 0 unspecified atom stereocenters. The van der Waals surface area contributed by atoms with Gasteiger partial charge in [0, 0.05) is 25.3 Å². The maximum absolute atomic E-state index is 2.67. The van der Waals surface area contributed by atoms with E-state index in [2.05, 4.69) is 40.1 Å². The highest BCUT2D eigenvalue weighted by molar-refractivity contribution is 5.85. The van der Waals surface area contributed by atoms with E-state index in [1.165, 1.54) is 89.8 Å². The van der Waals surface area contributed by atoms with Gasteiger partial charge in [-0.3, -0.25) is 0 Å². The van der Waals surface area contributed by atoms with Crippen molar-refractivity contribution < 1.29 is 0 Å². The molecule has 0 spiro atoms. The van der Waals surface area contributed by atoms with Crippen LogP contribution >= 0.6 is 12.4 Å². The number of piperidine rings is 1. The Bertz CT molecular complexity index is 411. The minimum Gasteiger partial charge on any atom is -0.370 e. The molecule has 1 aliphatic heterocycles. The van der Waals surface area contributed by atoms with Gasteiger partial charge in [-0.2, -0.15) is 0 Å². The van der Waals surface area contributed by atoms with Crippen molar-refractivity contribution in [3.05, 3.63) is 30.3 Å². The second-order valence-electron chi connectivity index (χ2n) is 7.19. The highest BCUT2D eigenvalue weighted by Crippen LogP contribution is 2.26. The number of hydrogen-bond acceptors (Lipinski definition) is 2. The fraction of sp³-hybridized carbons (Fsp3) is 0.700. The van der Waals surface area contributed by atoms with Crippen molar-refractivity contribution in [2.24, 2.45) is 5.92 Å². The van der Waals surface area contributed by atoms with Gasteiger partial charge >= 0.3 is 0 Å². The molecule has 0 N–H and O–H groups in total. The van der Waals surface area contributed by atoms with E-state index < -0.39 is 0 Å². The average Bonchev–Trinajstić information content (AvgIpc) is 2.61. The highest BCUT2D eigenvalue weighted by atomic mass is 35.5. The van der Waals surface area contributed by atoms with Crippen LogP contribution < -0.4 is 4.90 Å². The van der Waals surface area contributed by atoms with Crippen LogP contribution in [0.1, 0.15) is 51.4 Å². The summed E-state index contributed by atoms with van der Waals surface area (Å²) in [7, 11) is 0. The number of benzene rings is 1. The van der Waals surface area contributed by atoms with Crippen molar-refractivity contribution in [1.82, 2.24) is 4.90 Å². The summed E-state index contributed by atoms with van der Waals surface area (Å²) in [6.45, 7) is 6.32. The van der Waals surface area contributed by atoms with Crippen LogP contribution in [0.5, 0.6) is 0 Å². The number of para-hydroxylation sites is 1. The highest BCUT2D eigenvalue weighted by Gasteiger charge is 2.18. The predicted molar refractivity (Wildman–Crippen MR) is 103 cm³/mol. The van der Waals surface area contributed by atoms with Crippen molar-refractivity contribution >= 4 is 18.1 Å². The summed E-state index contributed by atoms with van der Waals surface area (Å²) in [6, 6.07) is 11.1. The van der Waals surface area contributed by atoms with Crippen LogP contribution in [0.25, 0.3) is 0 Å². The Morgan fingerprint density at radius 3 is 2.22 bits per heavy atom. The summed E-state index contributed by atoms with van der Waals surface area (Å²) in [5.41, 5.74) is 1.42. The van der Waals surface area contributed by atoms with Gasteiger partial charge in [0.15, 0.2) is 0 Å². The SMILES string of the molecule is Cl.c1ccc(N(CCN2CCCCC2)CC2CCCCC2)cc1. The lowest BCUT2D eigenvalue weighted by Crippen LogP contribution is -2.40. The molecule has 0 aromatic heterocycles. The van der Waals surface area contributed by atoms with Crippen LogP contribution in [0.3, 0.4) is 0 Å². The van der Waals surface area contributed by atoms with E-state index in [-0.39, 0.29) is 12.4 Å². The van der Waals surface area contributed by atoms with Gasteiger partial charge in [-0.25, -0.2) is 0 Å². The quantitative estimate of drug-likeness (QED) is 0.722. The molecule has 1 heterocycles. The van der Waals surface area contributed by atoms with Crippen LogP contribution in [0, 0.1) is 5.92 Å². The number of halogens is 1. The fourth-order valence-electron chi connectivity index (χ4n) is 4.09. The number of anilines is 1. The molecule has 0 bridgehead atoms. The summed E-state index contributed by atoms with van der Waals surface area (Å²) in [5, 5.41) is 0. The number of hydrogen-bond donors (Lipinski definition) is 0. The Kier molecular flexibility index (Phi) is 8.25. The van der Waals surface area contributed by atoms with E-state index in [1.807, 2.05) is 0 Å². The lowest BCUT2D eigenvalue weighted by Gasteiger charge is -2.34. The van der Waals surface area contributed by atoms with Gasteiger partial charge < -0.3 is 9.80 Å². The molecule has 3 rings (SSSR count). The van der Waals surface area contributed by atoms with Gasteiger partial charge in [0.05, 0.1) is 0 Å². The first-order chi connectivity index (χ1) is 10.9.